The second-order valence-corrected chi connectivity index (χ2v) is 4.78. The van der Waals surface area contributed by atoms with Gasteiger partial charge in [0.2, 0.25) is 0 Å². The van der Waals surface area contributed by atoms with E-state index in [1.54, 1.807) is 24.3 Å². The van der Waals surface area contributed by atoms with Gasteiger partial charge in [-0.3, -0.25) is 0 Å². The van der Waals surface area contributed by atoms with E-state index in [0.717, 1.165) is 0 Å². The number of aliphatic hydroxyl groups is 1. The Bertz CT molecular complexity index is 667. The van der Waals surface area contributed by atoms with Crippen molar-refractivity contribution in [3.8, 4) is 11.8 Å². The van der Waals surface area contributed by atoms with E-state index < -0.39 is 5.60 Å². The number of allylic oxidation sites excluding steroid dienone is 1. The summed E-state index contributed by atoms with van der Waals surface area (Å²) in [5.41, 5.74) is -0.321. The summed E-state index contributed by atoms with van der Waals surface area (Å²) in [6.45, 7) is 3.67. The Kier molecular flexibility index (Phi) is 4.92. The minimum atomic E-state index is -1.31. The maximum atomic E-state index is 13.6. The van der Waals surface area contributed by atoms with E-state index in [2.05, 4.69) is 18.4 Å². The summed E-state index contributed by atoms with van der Waals surface area (Å²) in [5, 5.41) is 10.8. The zero-order valence-corrected chi connectivity index (χ0v) is 11.7. The molecule has 2 aromatic rings. The van der Waals surface area contributed by atoms with Crippen LogP contribution in [0, 0.1) is 17.7 Å². The van der Waals surface area contributed by atoms with E-state index in [-0.39, 0.29) is 11.4 Å². The standard InChI is InChI=1S/C19H17FO/c1-2-3-14-19(21,17-10-5-4-6-11-17)15-13-16-9-7-8-12-18(16)20/h2,4-12,21H,1,3,14H2. The summed E-state index contributed by atoms with van der Waals surface area (Å²) in [6.07, 6.45) is 2.78. The Morgan fingerprint density at radius 1 is 1.10 bits per heavy atom. The average Bonchev–Trinajstić information content (AvgIpc) is 2.53. The molecule has 0 amide bonds. The lowest BCUT2D eigenvalue weighted by molar-refractivity contribution is 0.0914. The fourth-order valence-electron chi connectivity index (χ4n) is 2.04. The van der Waals surface area contributed by atoms with Gasteiger partial charge in [0.15, 0.2) is 5.60 Å². The smallest absolute Gasteiger partial charge is 0.151 e. The highest BCUT2D eigenvalue weighted by atomic mass is 19.1. The van der Waals surface area contributed by atoms with Crippen LogP contribution in [0.25, 0.3) is 0 Å². The number of benzene rings is 2. The molecule has 2 heteroatoms. The van der Waals surface area contributed by atoms with Crippen molar-refractivity contribution >= 4 is 0 Å². The molecule has 1 N–H and O–H groups in total. The molecule has 2 rings (SSSR count). The molecule has 0 aliphatic carbocycles. The summed E-state index contributed by atoms with van der Waals surface area (Å²) in [6, 6.07) is 15.5. The predicted molar refractivity (Wildman–Crippen MR) is 83.0 cm³/mol. The minimum Gasteiger partial charge on any atom is -0.373 e. The highest BCUT2D eigenvalue weighted by molar-refractivity contribution is 5.40. The van der Waals surface area contributed by atoms with Gasteiger partial charge in [0.1, 0.15) is 5.82 Å². The van der Waals surface area contributed by atoms with Crippen LogP contribution in [-0.4, -0.2) is 5.11 Å². The van der Waals surface area contributed by atoms with Gasteiger partial charge in [-0.1, -0.05) is 60.4 Å². The molecule has 0 aliphatic rings. The Hall–Kier alpha value is -2.37. The Balaban J connectivity index is 2.38. The van der Waals surface area contributed by atoms with Crippen LogP contribution < -0.4 is 0 Å². The van der Waals surface area contributed by atoms with Crippen LogP contribution >= 0.6 is 0 Å². The van der Waals surface area contributed by atoms with Gasteiger partial charge >= 0.3 is 0 Å². The van der Waals surface area contributed by atoms with E-state index in [9.17, 15) is 9.50 Å². The summed E-state index contributed by atoms with van der Waals surface area (Å²) >= 11 is 0. The van der Waals surface area contributed by atoms with Gasteiger partial charge in [0.25, 0.3) is 0 Å². The van der Waals surface area contributed by atoms with Crippen molar-refractivity contribution in [2.24, 2.45) is 0 Å². The Labute approximate surface area is 124 Å². The largest absolute Gasteiger partial charge is 0.373 e. The van der Waals surface area contributed by atoms with Crippen LogP contribution in [0.1, 0.15) is 24.0 Å². The summed E-state index contributed by atoms with van der Waals surface area (Å²) in [5.74, 6) is 5.19. The van der Waals surface area contributed by atoms with Crippen LogP contribution in [0.5, 0.6) is 0 Å². The highest BCUT2D eigenvalue weighted by Gasteiger charge is 2.25. The molecular formula is C19H17FO. The maximum Gasteiger partial charge on any atom is 0.151 e. The van der Waals surface area contributed by atoms with Crippen LogP contribution in [0.15, 0.2) is 67.3 Å². The summed E-state index contributed by atoms with van der Waals surface area (Å²) < 4.78 is 13.6. The third-order valence-corrected chi connectivity index (χ3v) is 3.24. The third-order valence-electron chi connectivity index (χ3n) is 3.24. The maximum absolute atomic E-state index is 13.6. The van der Waals surface area contributed by atoms with Crippen LogP contribution in [-0.2, 0) is 5.60 Å². The van der Waals surface area contributed by atoms with Crippen molar-refractivity contribution in [2.75, 3.05) is 0 Å². The minimum absolute atomic E-state index is 0.283. The molecule has 0 saturated heterocycles. The number of rotatable bonds is 4. The summed E-state index contributed by atoms with van der Waals surface area (Å²) in [4.78, 5) is 0. The molecule has 1 nitrogen and oxygen atoms in total. The van der Waals surface area contributed by atoms with Gasteiger partial charge in [0, 0.05) is 0 Å². The van der Waals surface area contributed by atoms with Gasteiger partial charge in [-0.05, 0) is 30.5 Å². The molecule has 1 unspecified atom stereocenters. The van der Waals surface area contributed by atoms with E-state index in [1.807, 2.05) is 30.3 Å². The fourth-order valence-corrected chi connectivity index (χ4v) is 2.04. The van der Waals surface area contributed by atoms with Gasteiger partial charge < -0.3 is 5.11 Å². The number of hydrogen-bond acceptors (Lipinski definition) is 1. The van der Waals surface area contributed by atoms with E-state index in [4.69, 9.17) is 0 Å². The predicted octanol–water partition coefficient (Wildman–Crippen LogP) is 4.03. The van der Waals surface area contributed by atoms with E-state index in [1.165, 1.54) is 6.07 Å². The second-order valence-electron chi connectivity index (χ2n) is 4.78. The zero-order chi connectivity index (χ0) is 15.1. The van der Waals surface area contributed by atoms with Crippen molar-refractivity contribution < 1.29 is 9.50 Å². The van der Waals surface area contributed by atoms with Crippen molar-refractivity contribution in [2.45, 2.75) is 18.4 Å². The molecule has 2 aromatic carbocycles. The first-order valence-electron chi connectivity index (χ1n) is 6.82. The fraction of sp³-hybridized carbons (Fsp3) is 0.158. The molecule has 0 radical (unpaired) electrons. The molecule has 0 heterocycles. The van der Waals surface area contributed by atoms with Crippen molar-refractivity contribution in [1.29, 1.82) is 0 Å². The van der Waals surface area contributed by atoms with Crippen molar-refractivity contribution in [3.63, 3.8) is 0 Å². The molecular weight excluding hydrogens is 263 g/mol. The number of hydrogen-bond donors (Lipinski definition) is 1. The molecule has 0 aromatic heterocycles. The summed E-state index contributed by atoms with van der Waals surface area (Å²) in [7, 11) is 0. The Morgan fingerprint density at radius 3 is 2.43 bits per heavy atom. The monoisotopic (exact) mass is 280 g/mol. The topological polar surface area (TPSA) is 20.2 Å². The third kappa shape index (κ3) is 3.81. The average molecular weight is 280 g/mol. The van der Waals surface area contributed by atoms with Crippen LogP contribution in [0.4, 0.5) is 4.39 Å². The van der Waals surface area contributed by atoms with Crippen molar-refractivity contribution in [1.82, 2.24) is 0 Å². The molecule has 0 aliphatic heterocycles. The molecule has 106 valence electrons. The normalized spacial score (nSPS) is 12.9. The lowest BCUT2D eigenvalue weighted by atomic mass is 9.89. The number of halogens is 1. The lowest BCUT2D eigenvalue weighted by Gasteiger charge is -2.22. The Morgan fingerprint density at radius 2 is 1.76 bits per heavy atom. The second kappa shape index (κ2) is 6.88. The van der Waals surface area contributed by atoms with Gasteiger partial charge in [-0.25, -0.2) is 4.39 Å². The molecule has 0 fully saturated rings. The quantitative estimate of drug-likeness (QED) is 0.662. The highest BCUT2D eigenvalue weighted by Crippen LogP contribution is 2.26. The molecule has 0 saturated carbocycles. The zero-order valence-electron chi connectivity index (χ0n) is 11.7. The van der Waals surface area contributed by atoms with Crippen molar-refractivity contribution in [3.05, 3.63) is 84.2 Å². The van der Waals surface area contributed by atoms with Gasteiger partial charge in [0.05, 0.1) is 5.56 Å². The SMILES string of the molecule is C=CCCC(O)(C#Cc1ccccc1F)c1ccccc1. The van der Waals surface area contributed by atoms with Crippen LogP contribution in [0.2, 0.25) is 0 Å². The molecule has 0 bridgehead atoms. The first kappa shape index (κ1) is 15.0. The van der Waals surface area contributed by atoms with E-state index in [0.29, 0.717) is 18.4 Å². The van der Waals surface area contributed by atoms with Gasteiger partial charge in [-0.15, -0.1) is 6.58 Å². The lowest BCUT2D eigenvalue weighted by Crippen LogP contribution is -2.23. The molecule has 1 atom stereocenters. The molecule has 0 spiro atoms. The first-order chi connectivity index (χ1) is 10.2. The van der Waals surface area contributed by atoms with Crippen LogP contribution in [0.3, 0.4) is 0 Å². The van der Waals surface area contributed by atoms with Gasteiger partial charge in [-0.2, -0.15) is 0 Å². The van der Waals surface area contributed by atoms with E-state index >= 15 is 0 Å². The first-order valence-corrected chi connectivity index (χ1v) is 6.82. The molecule has 21 heavy (non-hydrogen) atoms.